The number of aryl methyl sites for hydroxylation is 1. The molecule has 1 saturated heterocycles. The Bertz CT molecular complexity index is 1040. The maximum Gasteiger partial charge on any atom is 0.416 e. The second-order valence-electron chi connectivity index (χ2n) is 7.36. The summed E-state index contributed by atoms with van der Waals surface area (Å²) in [6.45, 7) is 5.55. The molecule has 3 heterocycles. The van der Waals surface area contributed by atoms with Crippen molar-refractivity contribution in [1.82, 2.24) is 15.2 Å². The van der Waals surface area contributed by atoms with Crippen molar-refractivity contribution in [3.05, 3.63) is 52.8 Å². The van der Waals surface area contributed by atoms with Crippen LogP contribution in [0.1, 0.15) is 35.2 Å². The van der Waals surface area contributed by atoms with Gasteiger partial charge < -0.3 is 10.2 Å². The van der Waals surface area contributed by atoms with Crippen LogP contribution in [0, 0.1) is 13.8 Å². The fraction of sp³-hybridized carbons (Fsp3) is 0.381. The van der Waals surface area contributed by atoms with Crippen molar-refractivity contribution in [2.75, 3.05) is 23.3 Å². The van der Waals surface area contributed by atoms with Gasteiger partial charge in [0.15, 0.2) is 5.82 Å². The molecule has 0 unspecified atom stereocenters. The molecule has 0 atom stereocenters. The van der Waals surface area contributed by atoms with Gasteiger partial charge in [0, 0.05) is 25.0 Å². The molecule has 3 aromatic rings. The van der Waals surface area contributed by atoms with Gasteiger partial charge in [-0.2, -0.15) is 18.3 Å². The number of hydrogen-bond acceptors (Lipinski definition) is 5. The monoisotopic (exact) mass is 401 g/mol. The fourth-order valence-corrected chi connectivity index (χ4v) is 3.79. The van der Waals surface area contributed by atoms with E-state index < -0.39 is 11.7 Å². The van der Waals surface area contributed by atoms with E-state index >= 15 is 0 Å². The minimum absolute atomic E-state index is 0.216. The molecular formula is C21H22F3N5. The van der Waals surface area contributed by atoms with E-state index in [2.05, 4.69) is 25.4 Å². The van der Waals surface area contributed by atoms with Crippen LogP contribution >= 0.6 is 0 Å². The summed E-state index contributed by atoms with van der Waals surface area (Å²) < 4.78 is 39.5. The molecule has 1 aliphatic heterocycles. The number of fused-ring (bicyclic) bond motifs is 1. The van der Waals surface area contributed by atoms with Gasteiger partial charge >= 0.3 is 6.18 Å². The summed E-state index contributed by atoms with van der Waals surface area (Å²) in [6, 6.07) is 6.26. The van der Waals surface area contributed by atoms with E-state index in [9.17, 15) is 13.2 Å². The third-order valence-electron chi connectivity index (χ3n) is 5.44. The van der Waals surface area contributed by atoms with Crippen LogP contribution in [0.25, 0.3) is 10.9 Å². The first-order chi connectivity index (χ1) is 13.8. The van der Waals surface area contributed by atoms with Gasteiger partial charge in [-0.3, -0.25) is 4.98 Å². The molecule has 2 aromatic heterocycles. The Morgan fingerprint density at radius 1 is 1.10 bits per heavy atom. The fourth-order valence-electron chi connectivity index (χ4n) is 3.79. The van der Waals surface area contributed by atoms with Crippen LogP contribution in [-0.2, 0) is 12.7 Å². The van der Waals surface area contributed by atoms with Gasteiger partial charge in [-0.1, -0.05) is 12.1 Å². The van der Waals surface area contributed by atoms with Crippen molar-refractivity contribution in [2.24, 2.45) is 0 Å². The second-order valence-corrected chi connectivity index (χ2v) is 7.36. The molecule has 29 heavy (non-hydrogen) atoms. The van der Waals surface area contributed by atoms with Crippen molar-refractivity contribution >= 4 is 22.4 Å². The number of pyridine rings is 1. The average molecular weight is 401 g/mol. The van der Waals surface area contributed by atoms with E-state index in [1.165, 1.54) is 13.0 Å². The summed E-state index contributed by atoms with van der Waals surface area (Å²) in [6.07, 6.45) is -0.203. The molecule has 8 heteroatoms. The molecule has 0 radical (unpaired) electrons. The van der Waals surface area contributed by atoms with Gasteiger partial charge in [0.1, 0.15) is 0 Å². The van der Waals surface area contributed by atoms with Gasteiger partial charge in [0.25, 0.3) is 0 Å². The number of benzene rings is 1. The molecule has 0 bridgehead atoms. The minimum Gasteiger partial charge on any atom is -0.370 e. The van der Waals surface area contributed by atoms with E-state index in [1.807, 2.05) is 19.2 Å². The van der Waals surface area contributed by atoms with E-state index in [4.69, 9.17) is 0 Å². The smallest absolute Gasteiger partial charge is 0.370 e. The predicted molar refractivity (Wildman–Crippen MR) is 107 cm³/mol. The minimum atomic E-state index is -4.37. The first-order valence-corrected chi connectivity index (χ1v) is 9.62. The van der Waals surface area contributed by atoms with Crippen LogP contribution in [-0.4, -0.2) is 28.3 Å². The van der Waals surface area contributed by atoms with E-state index in [1.54, 1.807) is 6.07 Å². The Labute approximate surface area is 167 Å². The first-order valence-electron chi connectivity index (χ1n) is 9.62. The molecule has 5 nitrogen and oxygen atoms in total. The third kappa shape index (κ3) is 3.83. The normalized spacial score (nSPS) is 14.6. The number of nitrogens with one attached hydrogen (secondary N) is 1. The number of alkyl halides is 3. The van der Waals surface area contributed by atoms with E-state index in [-0.39, 0.29) is 12.1 Å². The molecule has 1 aromatic carbocycles. The molecular weight excluding hydrogens is 379 g/mol. The molecule has 152 valence electrons. The molecule has 4 rings (SSSR count). The summed E-state index contributed by atoms with van der Waals surface area (Å²) in [5.74, 6) is 0.524. The molecule has 0 aliphatic carbocycles. The summed E-state index contributed by atoms with van der Waals surface area (Å²) in [5, 5.41) is 12.4. The van der Waals surface area contributed by atoms with Gasteiger partial charge in [-0.25, -0.2) is 0 Å². The molecule has 1 fully saturated rings. The Kier molecular flexibility index (Phi) is 5.02. The maximum atomic E-state index is 13.2. The Hall–Kier alpha value is -2.90. The van der Waals surface area contributed by atoms with Gasteiger partial charge in [0.2, 0.25) is 0 Å². The first kappa shape index (κ1) is 19.4. The SMILES string of the molecule is Cc1c(CNc2nnc(C)c3ncc(N4CCCC4)cc23)cccc1C(F)(F)F. The summed E-state index contributed by atoms with van der Waals surface area (Å²) in [7, 11) is 0. The van der Waals surface area contributed by atoms with Gasteiger partial charge in [-0.15, -0.1) is 5.10 Å². The number of rotatable bonds is 4. The second kappa shape index (κ2) is 7.50. The van der Waals surface area contributed by atoms with Crippen LogP contribution in [0.3, 0.4) is 0 Å². The van der Waals surface area contributed by atoms with Crippen molar-refractivity contribution in [3.63, 3.8) is 0 Å². The highest BCUT2D eigenvalue weighted by atomic mass is 19.4. The number of halogens is 3. The lowest BCUT2D eigenvalue weighted by Gasteiger charge is -2.19. The largest absolute Gasteiger partial charge is 0.416 e. The lowest BCUT2D eigenvalue weighted by molar-refractivity contribution is -0.138. The summed E-state index contributed by atoms with van der Waals surface area (Å²) in [4.78, 5) is 6.85. The standard InChI is InChI=1S/C21H22F3N5/c1-13-15(6-5-7-18(13)21(22,23)24)11-26-20-17-10-16(29-8-3-4-9-29)12-25-19(17)14(2)27-28-20/h5-7,10,12H,3-4,8-9,11H2,1-2H3,(H,26,28). The van der Waals surface area contributed by atoms with E-state index in [0.29, 0.717) is 17.1 Å². The Morgan fingerprint density at radius 3 is 2.59 bits per heavy atom. The van der Waals surface area contributed by atoms with Crippen LogP contribution in [0.2, 0.25) is 0 Å². The third-order valence-corrected chi connectivity index (χ3v) is 5.44. The van der Waals surface area contributed by atoms with Gasteiger partial charge in [0.05, 0.1) is 28.7 Å². The van der Waals surface area contributed by atoms with Crippen molar-refractivity contribution in [1.29, 1.82) is 0 Å². The molecule has 0 saturated carbocycles. The number of hydrogen-bond donors (Lipinski definition) is 1. The predicted octanol–water partition coefficient (Wildman–Crippen LogP) is 4.87. The topological polar surface area (TPSA) is 53.9 Å². The van der Waals surface area contributed by atoms with E-state index in [0.717, 1.165) is 48.6 Å². The van der Waals surface area contributed by atoms with Gasteiger partial charge in [-0.05, 0) is 49.9 Å². The highest BCUT2D eigenvalue weighted by Crippen LogP contribution is 2.33. The summed E-state index contributed by atoms with van der Waals surface area (Å²) in [5.41, 5.74) is 2.65. The summed E-state index contributed by atoms with van der Waals surface area (Å²) >= 11 is 0. The zero-order valence-electron chi connectivity index (χ0n) is 16.3. The van der Waals surface area contributed by atoms with Crippen molar-refractivity contribution in [3.8, 4) is 0 Å². The lowest BCUT2D eigenvalue weighted by Crippen LogP contribution is -2.18. The highest BCUT2D eigenvalue weighted by molar-refractivity contribution is 5.92. The van der Waals surface area contributed by atoms with Crippen LogP contribution < -0.4 is 10.2 Å². The maximum absolute atomic E-state index is 13.2. The number of aromatic nitrogens is 3. The lowest BCUT2D eigenvalue weighted by atomic mass is 10.0. The number of nitrogens with zero attached hydrogens (tertiary/aromatic N) is 4. The molecule has 1 aliphatic rings. The quantitative estimate of drug-likeness (QED) is 0.676. The highest BCUT2D eigenvalue weighted by Gasteiger charge is 2.32. The van der Waals surface area contributed by atoms with Crippen molar-refractivity contribution < 1.29 is 13.2 Å². The van der Waals surface area contributed by atoms with Crippen molar-refractivity contribution in [2.45, 2.75) is 39.4 Å². The van der Waals surface area contributed by atoms with Crippen LogP contribution in [0.5, 0.6) is 0 Å². The zero-order chi connectivity index (χ0) is 20.6. The molecule has 0 spiro atoms. The van der Waals surface area contributed by atoms with Crippen LogP contribution in [0.4, 0.5) is 24.7 Å². The average Bonchev–Trinajstić information content (AvgIpc) is 3.22. The zero-order valence-corrected chi connectivity index (χ0v) is 16.3. The van der Waals surface area contributed by atoms with Crippen LogP contribution in [0.15, 0.2) is 30.5 Å². The Morgan fingerprint density at radius 2 is 1.86 bits per heavy atom. The number of anilines is 2. The Balaban J connectivity index is 1.66. The molecule has 1 N–H and O–H groups in total. The molecule has 0 amide bonds.